The number of nitrogens with one attached hydrogen (secondary N) is 1. The molecule has 3 N–H and O–H groups in total. The van der Waals surface area contributed by atoms with E-state index in [4.69, 9.17) is 10.6 Å². The lowest BCUT2D eigenvalue weighted by molar-refractivity contribution is 0.338. The van der Waals surface area contributed by atoms with E-state index in [1.165, 1.54) is 0 Å². The molecule has 0 aliphatic carbocycles. The fourth-order valence-corrected chi connectivity index (χ4v) is 1.74. The molecule has 6 nitrogen and oxygen atoms in total. The van der Waals surface area contributed by atoms with Crippen molar-refractivity contribution in [2.24, 2.45) is 5.84 Å². The molecule has 6 heteroatoms. The Morgan fingerprint density at radius 3 is 2.74 bits per heavy atom. The second kappa shape index (κ2) is 6.21. The van der Waals surface area contributed by atoms with E-state index in [1.54, 1.807) is 24.8 Å². The molecule has 0 aliphatic heterocycles. The normalized spacial score (nSPS) is 12.2. The Morgan fingerprint density at radius 2 is 2.11 bits per heavy atom. The van der Waals surface area contributed by atoms with Crippen molar-refractivity contribution in [1.29, 1.82) is 0 Å². The highest BCUT2D eigenvalue weighted by atomic mass is 16.5. The van der Waals surface area contributed by atoms with Gasteiger partial charge >= 0.3 is 0 Å². The Balaban J connectivity index is 2.30. The molecule has 0 saturated carbocycles. The van der Waals surface area contributed by atoms with Gasteiger partial charge < -0.3 is 4.74 Å². The molecule has 0 aliphatic rings. The van der Waals surface area contributed by atoms with Crippen LogP contribution in [0.4, 0.5) is 0 Å². The molecule has 0 amide bonds. The van der Waals surface area contributed by atoms with Crippen LogP contribution in [0.3, 0.4) is 0 Å². The van der Waals surface area contributed by atoms with Gasteiger partial charge in [-0.2, -0.15) is 0 Å². The number of pyridine rings is 1. The van der Waals surface area contributed by atoms with Crippen molar-refractivity contribution in [1.82, 2.24) is 20.4 Å². The van der Waals surface area contributed by atoms with Crippen LogP contribution in [-0.4, -0.2) is 21.6 Å². The first kappa shape index (κ1) is 13.4. The Hall–Kier alpha value is -2.05. The van der Waals surface area contributed by atoms with Crippen LogP contribution in [0.2, 0.25) is 0 Å². The van der Waals surface area contributed by atoms with Gasteiger partial charge in [0.05, 0.1) is 36.4 Å². The van der Waals surface area contributed by atoms with Crippen LogP contribution in [0.25, 0.3) is 0 Å². The molecule has 2 aromatic rings. The van der Waals surface area contributed by atoms with E-state index in [9.17, 15) is 0 Å². The second-order valence-corrected chi connectivity index (χ2v) is 4.07. The highest BCUT2D eigenvalue weighted by molar-refractivity contribution is 5.30. The third-order valence-corrected chi connectivity index (χ3v) is 2.64. The van der Waals surface area contributed by atoms with Gasteiger partial charge in [0, 0.05) is 12.4 Å². The summed E-state index contributed by atoms with van der Waals surface area (Å²) in [6.07, 6.45) is 6.81. The first-order chi connectivity index (χ1) is 9.24. The van der Waals surface area contributed by atoms with E-state index in [0.29, 0.717) is 12.4 Å². The number of hydrogen-bond acceptors (Lipinski definition) is 6. The zero-order chi connectivity index (χ0) is 13.7. The predicted molar refractivity (Wildman–Crippen MR) is 71.3 cm³/mol. The Morgan fingerprint density at radius 1 is 1.26 bits per heavy atom. The van der Waals surface area contributed by atoms with E-state index < -0.39 is 0 Å². The minimum absolute atomic E-state index is 0.263. The van der Waals surface area contributed by atoms with Gasteiger partial charge in [-0.3, -0.25) is 20.8 Å². The van der Waals surface area contributed by atoms with Crippen LogP contribution in [0, 0.1) is 6.92 Å². The van der Waals surface area contributed by atoms with Gasteiger partial charge in [0.25, 0.3) is 0 Å². The lowest BCUT2D eigenvalue weighted by Crippen LogP contribution is -2.29. The minimum atomic E-state index is -0.263. The number of nitrogens with two attached hydrogens (primary N) is 1. The largest absolute Gasteiger partial charge is 0.492 e. The molecule has 2 heterocycles. The van der Waals surface area contributed by atoms with E-state index in [2.05, 4.69) is 20.4 Å². The van der Waals surface area contributed by atoms with Crippen LogP contribution in [0.5, 0.6) is 5.75 Å². The number of aryl methyl sites for hydroxylation is 1. The predicted octanol–water partition coefficient (Wildman–Crippen LogP) is 1.13. The summed E-state index contributed by atoms with van der Waals surface area (Å²) in [4.78, 5) is 12.7. The topological polar surface area (TPSA) is 86.0 Å². The fourth-order valence-electron chi connectivity index (χ4n) is 1.74. The van der Waals surface area contributed by atoms with Crippen LogP contribution in [0.15, 0.2) is 30.9 Å². The van der Waals surface area contributed by atoms with Gasteiger partial charge in [-0.25, -0.2) is 5.43 Å². The van der Waals surface area contributed by atoms with Gasteiger partial charge in [-0.05, 0) is 25.5 Å². The minimum Gasteiger partial charge on any atom is -0.492 e. The molecule has 0 aromatic carbocycles. The highest BCUT2D eigenvalue weighted by Gasteiger charge is 2.15. The molecule has 0 spiro atoms. The molecule has 1 atom stereocenters. The summed E-state index contributed by atoms with van der Waals surface area (Å²) < 4.78 is 5.43. The molecule has 0 saturated heterocycles. The monoisotopic (exact) mass is 259 g/mol. The maximum absolute atomic E-state index is 5.61. The molecule has 1 unspecified atom stereocenters. The van der Waals surface area contributed by atoms with Crippen molar-refractivity contribution in [3.8, 4) is 5.75 Å². The number of hydrazine groups is 1. The Labute approximate surface area is 112 Å². The third kappa shape index (κ3) is 3.24. The van der Waals surface area contributed by atoms with Gasteiger partial charge in [0.15, 0.2) is 0 Å². The molecule has 2 aromatic heterocycles. The van der Waals surface area contributed by atoms with Crippen molar-refractivity contribution in [2.45, 2.75) is 19.9 Å². The van der Waals surface area contributed by atoms with E-state index >= 15 is 0 Å². The van der Waals surface area contributed by atoms with Crippen molar-refractivity contribution < 1.29 is 4.74 Å². The quantitative estimate of drug-likeness (QED) is 0.618. The first-order valence-corrected chi connectivity index (χ1v) is 6.07. The molecule has 100 valence electrons. The van der Waals surface area contributed by atoms with Crippen LogP contribution >= 0.6 is 0 Å². The fraction of sp³-hybridized carbons (Fsp3) is 0.308. The number of rotatable bonds is 5. The summed E-state index contributed by atoms with van der Waals surface area (Å²) >= 11 is 0. The average Bonchev–Trinajstić information content (AvgIpc) is 2.43. The first-order valence-electron chi connectivity index (χ1n) is 6.07. The summed E-state index contributed by atoms with van der Waals surface area (Å²) in [6.45, 7) is 4.41. The number of ether oxygens (including phenoxy) is 1. The molecular formula is C13H17N5O. The van der Waals surface area contributed by atoms with E-state index in [-0.39, 0.29) is 6.04 Å². The summed E-state index contributed by atoms with van der Waals surface area (Å²) in [5.74, 6) is 6.32. The average molecular weight is 259 g/mol. The zero-order valence-electron chi connectivity index (χ0n) is 11.0. The van der Waals surface area contributed by atoms with E-state index in [0.717, 1.165) is 17.0 Å². The van der Waals surface area contributed by atoms with Crippen LogP contribution in [-0.2, 0) is 0 Å². The van der Waals surface area contributed by atoms with Crippen molar-refractivity contribution in [2.75, 3.05) is 6.61 Å². The van der Waals surface area contributed by atoms with E-state index in [1.807, 2.05) is 19.9 Å². The SMILES string of the molecule is CCOc1cncc(C(NN)c2cnc(C)cn2)c1. The van der Waals surface area contributed by atoms with Crippen LogP contribution in [0.1, 0.15) is 29.9 Å². The molecule has 0 bridgehead atoms. The number of nitrogens with zero attached hydrogens (tertiary/aromatic N) is 3. The van der Waals surface area contributed by atoms with Crippen LogP contribution < -0.4 is 16.0 Å². The van der Waals surface area contributed by atoms with Gasteiger partial charge in [-0.15, -0.1) is 0 Å². The number of hydrogen-bond donors (Lipinski definition) is 2. The second-order valence-electron chi connectivity index (χ2n) is 4.07. The van der Waals surface area contributed by atoms with Gasteiger partial charge in [0.2, 0.25) is 0 Å². The summed E-state index contributed by atoms with van der Waals surface area (Å²) in [6, 6.07) is 1.63. The summed E-state index contributed by atoms with van der Waals surface area (Å²) in [5.41, 5.74) is 5.21. The van der Waals surface area contributed by atoms with Crippen molar-refractivity contribution in [3.63, 3.8) is 0 Å². The van der Waals surface area contributed by atoms with Gasteiger partial charge in [-0.1, -0.05) is 0 Å². The lowest BCUT2D eigenvalue weighted by Gasteiger charge is -2.16. The molecule has 2 rings (SSSR count). The van der Waals surface area contributed by atoms with Gasteiger partial charge in [0.1, 0.15) is 5.75 Å². The molecule has 0 radical (unpaired) electrons. The maximum atomic E-state index is 5.61. The third-order valence-electron chi connectivity index (χ3n) is 2.64. The maximum Gasteiger partial charge on any atom is 0.137 e. The van der Waals surface area contributed by atoms with Crippen molar-refractivity contribution >= 4 is 0 Å². The molecule has 0 fully saturated rings. The smallest absolute Gasteiger partial charge is 0.137 e. The highest BCUT2D eigenvalue weighted by Crippen LogP contribution is 2.21. The van der Waals surface area contributed by atoms with Crippen molar-refractivity contribution in [3.05, 3.63) is 47.8 Å². The lowest BCUT2D eigenvalue weighted by atomic mass is 10.1. The Kier molecular flexibility index (Phi) is 4.38. The number of aromatic nitrogens is 3. The molecular weight excluding hydrogens is 242 g/mol. The zero-order valence-corrected chi connectivity index (χ0v) is 11.0. The molecule has 19 heavy (non-hydrogen) atoms. The summed E-state index contributed by atoms with van der Waals surface area (Å²) in [5, 5.41) is 0. The standard InChI is InChI=1S/C13H17N5O/c1-3-19-11-4-10(6-15-7-11)13(18-14)12-8-16-9(2)5-17-12/h4-8,13,18H,3,14H2,1-2H3. The Bertz CT molecular complexity index is 529. The summed E-state index contributed by atoms with van der Waals surface area (Å²) in [7, 11) is 0.